The van der Waals surface area contributed by atoms with Gasteiger partial charge in [-0.25, -0.2) is 0 Å². The van der Waals surface area contributed by atoms with Gasteiger partial charge in [0, 0.05) is 21.7 Å². The van der Waals surface area contributed by atoms with Gasteiger partial charge in [0.25, 0.3) is 0 Å². The summed E-state index contributed by atoms with van der Waals surface area (Å²) >= 11 is 1.89. The molecule has 2 aromatic rings. The van der Waals surface area contributed by atoms with Crippen LogP contribution in [0.1, 0.15) is 55.2 Å². The second kappa shape index (κ2) is 6.37. The highest BCUT2D eigenvalue weighted by Crippen LogP contribution is 2.29. The lowest BCUT2D eigenvalue weighted by Crippen LogP contribution is -2.00. The zero-order chi connectivity index (χ0) is 13.0. The number of thiophene rings is 1. The fourth-order valence-electron chi connectivity index (χ4n) is 2.56. The minimum atomic E-state index is 1.08. The molecule has 0 N–H and O–H groups in total. The average molecular weight is 264 g/mol. The van der Waals surface area contributed by atoms with Crippen LogP contribution in [-0.4, -0.2) is 9.78 Å². The molecular weight excluding hydrogens is 240 g/mol. The average Bonchev–Trinajstić information content (AvgIpc) is 2.88. The number of nitrogens with zero attached hydrogens (tertiary/aromatic N) is 2. The summed E-state index contributed by atoms with van der Waals surface area (Å²) < 4.78 is 2.20. The van der Waals surface area contributed by atoms with Crippen LogP contribution in [0.4, 0.5) is 0 Å². The van der Waals surface area contributed by atoms with E-state index in [1.807, 2.05) is 17.5 Å². The Bertz CT molecular complexity index is 496. The smallest absolute Gasteiger partial charge is 0.0821 e. The molecule has 0 amide bonds. The normalized spacial score (nSPS) is 11.5. The maximum atomic E-state index is 4.53. The van der Waals surface area contributed by atoms with Crippen LogP contribution in [0.5, 0.6) is 0 Å². The van der Waals surface area contributed by atoms with Gasteiger partial charge < -0.3 is 0 Å². The highest BCUT2D eigenvalue weighted by molar-refractivity contribution is 7.13. The summed E-state index contributed by atoms with van der Waals surface area (Å²) in [4.78, 5) is 2.81. The summed E-state index contributed by atoms with van der Waals surface area (Å²) in [7, 11) is 0. The Kier molecular flexibility index (Phi) is 4.81. The van der Waals surface area contributed by atoms with Crippen LogP contribution >= 0.6 is 11.3 Å². The summed E-state index contributed by atoms with van der Waals surface area (Å²) in [5.74, 6) is 0. The number of rotatable bonds is 7. The second-order valence-electron chi connectivity index (χ2n) is 5.11. The van der Waals surface area contributed by atoms with Crippen LogP contribution in [0.25, 0.3) is 10.9 Å². The van der Waals surface area contributed by atoms with Crippen molar-refractivity contribution in [3.05, 3.63) is 16.0 Å². The second-order valence-corrected chi connectivity index (χ2v) is 6.54. The molecule has 0 saturated heterocycles. The first-order chi connectivity index (χ1) is 8.74. The van der Waals surface area contributed by atoms with Crippen molar-refractivity contribution >= 4 is 22.2 Å². The van der Waals surface area contributed by atoms with Crippen LogP contribution in [0.2, 0.25) is 0 Å². The maximum absolute atomic E-state index is 4.53. The van der Waals surface area contributed by atoms with Crippen molar-refractivity contribution in [2.24, 2.45) is 0 Å². The van der Waals surface area contributed by atoms with E-state index in [4.69, 9.17) is 0 Å². The topological polar surface area (TPSA) is 17.8 Å². The first-order valence-electron chi connectivity index (χ1n) is 7.15. The molecule has 0 spiro atoms. The Morgan fingerprint density at radius 2 is 1.78 bits per heavy atom. The lowest BCUT2D eigenvalue weighted by Gasteiger charge is -2.03. The van der Waals surface area contributed by atoms with E-state index in [1.54, 1.807) is 0 Å². The summed E-state index contributed by atoms with van der Waals surface area (Å²) in [6.07, 6.45) is 10.1. The molecule has 0 fully saturated rings. The van der Waals surface area contributed by atoms with E-state index in [9.17, 15) is 0 Å². The van der Waals surface area contributed by atoms with Crippen molar-refractivity contribution in [1.29, 1.82) is 0 Å². The molecule has 2 aromatic heterocycles. The zero-order valence-electron chi connectivity index (χ0n) is 11.8. The molecule has 0 atom stereocenters. The molecule has 0 aliphatic heterocycles. The maximum Gasteiger partial charge on any atom is 0.0821 e. The summed E-state index contributed by atoms with van der Waals surface area (Å²) in [6, 6.07) is 0. The Hall–Kier alpha value is -0.830. The Labute approximate surface area is 114 Å². The van der Waals surface area contributed by atoms with E-state index in [1.165, 1.54) is 59.2 Å². The Morgan fingerprint density at radius 1 is 1.06 bits per heavy atom. The highest BCUT2D eigenvalue weighted by Gasteiger charge is 2.10. The largest absolute Gasteiger partial charge is 0.264 e. The first kappa shape index (κ1) is 13.6. The predicted octanol–water partition coefficient (Wildman–Crippen LogP) is 5.08. The van der Waals surface area contributed by atoms with Crippen molar-refractivity contribution < 1.29 is 0 Å². The third-order valence-electron chi connectivity index (χ3n) is 3.58. The number of aromatic nitrogens is 2. The number of hydrogen-bond donors (Lipinski definition) is 0. The molecule has 0 saturated carbocycles. The molecule has 0 radical (unpaired) electrons. The fraction of sp³-hybridized carbons (Fsp3) is 0.667. The fourth-order valence-corrected chi connectivity index (χ4v) is 3.59. The van der Waals surface area contributed by atoms with E-state index < -0.39 is 0 Å². The summed E-state index contributed by atoms with van der Waals surface area (Å²) in [5.41, 5.74) is 1.37. The molecule has 2 rings (SSSR count). The Balaban J connectivity index is 1.88. The van der Waals surface area contributed by atoms with Crippen molar-refractivity contribution in [3.8, 4) is 0 Å². The quantitative estimate of drug-likeness (QED) is 0.638. The van der Waals surface area contributed by atoms with Gasteiger partial charge in [0.05, 0.1) is 11.7 Å². The van der Waals surface area contributed by atoms with E-state index >= 15 is 0 Å². The van der Waals surface area contributed by atoms with Crippen LogP contribution in [-0.2, 0) is 6.54 Å². The van der Waals surface area contributed by atoms with Gasteiger partial charge in [-0.15, -0.1) is 11.3 Å². The molecule has 2 nitrogen and oxygen atoms in total. The molecule has 0 aliphatic rings. The van der Waals surface area contributed by atoms with Gasteiger partial charge in [0.15, 0.2) is 0 Å². The van der Waals surface area contributed by atoms with Crippen molar-refractivity contribution in [2.75, 3.05) is 0 Å². The molecule has 0 unspecified atom stereocenters. The minimum absolute atomic E-state index is 1.08. The standard InChI is InChI=1S/C15H24N2S/c1-4-5-6-7-8-9-10-17-15-13(3)18-12(2)14(15)11-16-17/h11H,4-10H2,1-3H3. The molecule has 3 heteroatoms. The monoisotopic (exact) mass is 264 g/mol. The number of unbranched alkanes of at least 4 members (excludes halogenated alkanes) is 5. The minimum Gasteiger partial charge on any atom is -0.264 e. The van der Waals surface area contributed by atoms with E-state index in [0.717, 1.165) is 6.54 Å². The first-order valence-corrected chi connectivity index (χ1v) is 7.97. The van der Waals surface area contributed by atoms with Gasteiger partial charge >= 0.3 is 0 Å². The number of hydrogen-bond acceptors (Lipinski definition) is 2. The van der Waals surface area contributed by atoms with Crippen molar-refractivity contribution in [2.45, 2.75) is 65.8 Å². The van der Waals surface area contributed by atoms with Crippen LogP contribution in [0, 0.1) is 13.8 Å². The van der Waals surface area contributed by atoms with Gasteiger partial charge in [-0.2, -0.15) is 5.10 Å². The van der Waals surface area contributed by atoms with Crippen LogP contribution in [0.3, 0.4) is 0 Å². The Morgan fingerprint density at radius 3 is 2.56 bits per heavy atom. The van der Waals surface area contributed by atoms with E-state index in [-0.39, 0.29) is 0 Å². The summed E-state index contributed by atoms with van der Waals surface area (Å²) in [5, 5.41) is 5.88. The van der Waals surface area contributed by atoms with Crippen LogP contribution < -0.4 is 0 Å². The summed E-state index contributed by atoms with van der Waals surface area (Å²) in [6.45, 7) is 7.74. The third kappa shape index (κ3) is 2.94. The highest BCUT2D eigenvalue weighted by atomic mass is 32.1. The molecule has 0 bridgehead atoms. The van der Waals surface area contributed by atoms with Gasteiger partial charge in [0.1, 0.15) is 0 Å². The lowest BCUT2D eigenvalue weighted by molar-refractivity contribution is 0.537. The van der Waals surface area contributed by atoms with Crippen LogP contribution in [0.15, 0.2) is 6.20 Å². The van der Waals surface area contributed by atoms with E-state index in [0.29, 0.717) is 0 Å². The molecule has 0 aromatic carbocycles. The molecule has 100 valence electrons. The third-order valence-corrected chi connectivity index (χ3v) is 4.61. The van der Waals surface area contributed by atoms with E-state index in [2.05, 4.69) is 30.6 Å². The molecule has 0 aliphatic carbocycles. The molecular formula is C15H24N2S. The molecule has 18 heavy (non-hydrogen) atoms. The van der Waals surface area contributed by atoms with Gasteiger partial charge in [-0.3, -0.25) is 4.68 Å². The number of fused-ring (bicyclic) bond motifs is 1. The van der Waals surface area contributed by atoms with Gasteiger partial charge in [-0.05, 0) is 20.3 Å². The predicted molar refractivity (Wildman–Crippen MR) is 80.5 cm³/mol. The number of aryl methyl sites for hydroxylation is 3. The molecule has 2 heterocycles. The van der Waals surface area contributed by atoms with Gasteiger partial charge in [0.2, 0.25) is 0 Å². The lowest BCUT2D eigenvalue weighted by atomic mass is 10.1. The van der Waals surface area contributed by atoms with Crippen molar-refractivity contribution in [1.82, 2.24) is 9.78 Å². The SMILES string of the molecule is CCCCCCCCn1ncc2c(C)sc(C)c21. The van der Waals surface area contributed by atoms with Crippen molar-refractivity contribution in [3.63, 3.8) is 0 Å². The zero-order valence-corrected chi connectivity index (χ0v) is 12.6. The van der Waals surface area contributed by atoms with Gasteiger partial charge in [-0.1, -0.05) is 39.0 Å².